The van der Waals surface area contributed by atoms with Gasteiger partial charge in [-0.05, 0) is 24.1 Å². The molecule has 6 heteroatoms. The first-order chi connectivity index (χ1) is 7.09. The predicted octanol–water partition coefficient (Wildman–Crippen LogP) is 0.0433. The summed E-state index contributed by atoms with van der Waals surface area (Å²) in [4.78, 5) is 10.5. The minimum Gasteiger partial charge on any atom is -0.478 e. The summed E-state index contributed by atoms with van der Waals surface area (Å²) in [6.45, 7) is 0.325. The predicted molar refractivity (Wildman–Crippen MR) is 55.4 cm³/mol. The van der Waals surface area contributed by atoms with E-state index in [1.807, 2.05) is 0 Å². The zero-order valence-corrected chi connectivity index (χ0v) is 8.74. The summed E-state index contributed by atoms with van der Waals surface area (Å²) in [6.07, 6.45) is 0.545. The molecule has 0 heterocycles. The molecule has 15 heavy (non-hydrogen) atoms. The van der Waals surface area contributed by atoms with Crippen LogP contribution in [0.2, 0.25) is 0 Å². The summed E-state index contributed by atoms with van der Waals surface area (Å²) < 4.78 is 22.6. The Morgan fingerprint density at radius 2 is 1.87 bits per heavy atom. The molecule has 0 aliphatic rings. The topological polar surface area (TPSA) is 83.5 Å². The fourth-order valence-electron chi connectivity index (χ4n) is 1.11. The summed E-state index contributed by atoms with van der Waals surface area (Å²) in [5, 5.41) is 8.63. The largest absolute Gasteiger partial charge is 0.478 e. The Labute approximate surface area is 88.8 Å². The Kier molecular flexibility index (Phi) is 4.26. The van der Waals surface area contributed by atoms with E-state index in [-0.39, 0.29) is 5.56 Å². The molecule has 5 nitrogen and oxygen atoms in total. The van der Waals surface area contributed by atoms with Crippen LogP contribution in [-0.4, -0.2) is 26.0 Å². The van der Waals surface area contributed by atoms with E-state index in [1.54, 1.807) is 12.1 Å². The van der Waals surface area contributed by atoms with Crippen LogP contribution < -0.4 is 4.72 Å². The van der Waals surface area contributed by atoms with Crippen LogP contribution in [0.25, 0.3) is 0 Å². The lowest BCUT2D eigenvalue weighted by Crippen LogP contribution is -2.14. The Balaban J connectivity index is 2.53. The number of thiol groups is 1. The average molecular weight is 229 g/mol. The summed E-state index contributed by atoms with van der Waals surface area (Å²) in [7, 11) is -2.56. The van der Waals surface area contributed by atoms with Crippen molar-refractivity contribution in [1.29, 1.82) is 0 Å². The maximum Gasteiger partial charge on any atom is 0.335 e. The molecule has 0 spiro atoms. The smallest absolute Gasteiger partial charge is 0.335 e. The van der Waals surface area contributed by atoms with Crippen LogP contribution in [0.4, 0.5) is 0 Å². The zero-order chi connectivity index (χ0) is 11.3. The molecule has 1 aromatic rings. The van der Waals surface area contributed by atoms with Gasteiger partial charge in [-0.25, -0.2) is 17.9 Å². The van der Waals surface area contributed by atoms with Gasteiger partial charge in [-0.1, -0.05) is 12.1 Å². The molecule has 1 rings (SSSR count). The van der Waals surface area contributed by atoms with Gasteiger partial charge in [0.05, 0.1) is 5.56 Å². The van der Waals surface area contributed by atoms with Crippen molar-refractivity contribution in [3.05, 3.63) is 35.4 Å². The number of rotatable bonds is 5. The van der Waals surface area contributed by atoms with E-state index >= 15 is 0 Å². The van der Waals surface area contributed by atoms with Crippen LogP contribution in [-0.2, 0) is 17.3 Å². The van der Waals surface area contributed by atoms with Gasteiger partial charge >= 0.3 is 5.97 Å². The molecular weight excluding hydrogens is 218 g/mol. The van der Waals surface area contributed by atoms with Gasteiger partial charge in [0, 0.05) is 6.54 Å². The summed E-state index contributed by atoms with van der Waals surface area (Å²) in [5.41, 5.74) is 1.12. The Hall–Kier alpha value is -1.40. The molecule has 0 amide bonds. The summed E-state index contributed by atoms with van der Waals surface area (Å²) in [6, 6.07) is 6.33. The first-order valence-corrected chi connectivity index (χ1v) is 5.47. The second-order valence-corrected chi connectivity index (χ2v) is 3.75. The summed E-state index contributed by atoms with van der Waals surface area (Å²) >= 11 is 0. The molecule has 0 saturated carbocycles. The zero-order valence-electron chi connectivity index (χ0n) is 7.84. The van der Waals surface area contributed by atoms with Gasteiger partial charge < -0.3 is 5.11 Å². The SMILES string of the molecule is O=C(O)c1ccc(CCN[SH](=O)=O)cc1. The van der Waals surface area contributed by atoms with E-state index in [0.717, 1.165) is 5.56 Å². The van der Waals surface area contributed by atoms with Crippen molar-refractivity contribution in [2.45, 2.75) is 6.42 Å². The van der Waals surface area contributed by atoms with Crippen LogP contribution in [0.5, 0.6) is 0 Å². The van der Waals surface area contributed by atoms with Gasteiger partial charge in [-0.2, -0.15) is 0 Å². The van der Waals surface area contributed by atoms with Crippen molar-refractivity contribution >= 4 is 16.9 Å². The fraction of sp³-hybridized carbons (Fsp3) is 0.222. The molecule has 0 aliphatic carbocycles. The molecule has 0 unspecified atom stereocenters. The minimum absolute atomic E-state index is 0.224. The quantitative estimate of drug-likeness (QED) is 0.623. The highest BCUT2D eigenvalue weighted by molar-refractivity contribution is 7.70. The van der Waals surface area contributed by atoms with Crippen LogP contribution in [0.1, 0.15) is 15.9 Å². The maximum absolute atomic E-state index is 10.5. The van der Waals surface area contributed by atoms with Crippen molar-refractivity contribution in [2.75, 3.05) is 6.54 Å². The maximum atomic E-state index is 10.5. The number of carboxylic acid groups (broad SMARTS) is 1. The molecule has 1 aromatic carbocycles. The molecular formula is C9H11NO4S. The van der Waals surface area contributed by atoms with E-state index in [2.05, 4.69) is 4.72 Å². The van der Waals surface area contributed by atoms with Gasteiger partial charge in [-0.3, -0.25) is 0 Å². The second kappa shape index (κ2) is 5.47. The third-order valence-corrected chi connectivity index (χ3v) is 2.34. The molecule has 0 atom stereocenters. The Morgan fingerprint density at radius 3 is 2.33 bits per heavy atom. The summed E-state index contributed by atoms with van der Waals surface area (Å²) in [5.74, 6) is -0.970. The van der Waals surface area contributed by atoms with Gasteiger partial charge in [-0.15, -0.1) is 0 Å². The lowest BCUT2D eigenvalue weighted by atomic mass is 10.1. The highest BCUT2D eigenvalue weighted by Crippen LogP contribution is 2.04. The van der Waals surface area contributed by atoms with Gasteiger partial charge in [0.2, 0.25) is 10.9 Å². The van der Waals surface area contributed by atoms with Crippen molar-refractivity contribution in [3.63, 3.8) is 0 Å². The molecule has 82 valence electrons. The Bertz CT molecular complexity index is 403. The van der Waals surface area contributed by atoms with Gasteiger partial charge in [0.15, 0.2) is 0 Å². The molecule has 0 bridgehead atoms. The third kappa shape index (κ3) is 4.09. The highest BCUT2D eigenvalue weighted by Gasteiger charge is 2.01. The highest BCUT2D eigenvalue weighted by atomic mass is 32.2. The molecule has 0 radical (unpaired) electrons. The molecule has 2 N–H and O–H groups in total. The van der Waals surface area contributed by atoms with Gasteiger partial charge in [0.1, 0.15) is 0 Å². The van der Waals surface area contributed by atoms with Crippen molar-refractivity contribution < 1.29 is 18.3 Å². The third-order valence-electron chi connectivity index (χ3n) is 1.86. The van der Waals surface area contributed by atoms with Crippen molar-refractivity contribution in [3.8, 4) is 0 Å². The van der Waals surface area contributed by atoms with E-state index in [4.69, 9.17) is 5.11 Å². The standard InChI is InChI=1S/C9H11NO4S/c11-9(12)8-3-1-7(2-4-8)5-6-10-15(13)14/h1-4,15H,5-6H2,(H,11,12)(H,10,13,14). The molecule has 0 saturated heterocycles. The van der Waals surface area contributed by atoms with Crippen LogP contribution in [0.3, 0.4) is 0 Å². The minimum atomic E-state index is -2.56. The number of carboxylic acids is 1. The van der Waals surface area contributed by atoms with Gasteiger partial charge in [0.25, 0.3) is 0 Å². The second-order valence-electron chi connectivity index (χ2n) is 2.92. The first kappa shape index (κ1) is 11.7. The normalized spacial score (nSPS) is 10.5. The number of aromatic carboxylic acids is 1. The van der Waals surface area contributed by atoms with Crippen molar-refractivity contribution in [1.82, 2.24) is 4.72 Å². The number of hydrogen-bond donors (Lipinski definition) is 3. The molecule has 0 aromatic heterocycles. The number of carbonyl (C=O) groups is 1. The first-order valence-electron chi connectivity index (χ1n) is 4.29. The van der Waals surface area contributed by atoms with Crippen LogP contribution in [0.15, 0.2) is 24.3 Å². The fourth-order valence-corrected chi connectivity index (χ4v) is 1.40. The monoisotopic (exact) mass is 229 g/mol. The average Bonchev–Trinajstić information content (AvgIpc) is 2.18. The lowest BCUT2D eigenvalue weighted by Gasteiger charge is -2.00. The van der Waals surface area contributed by atoms with E-state index < -0.39 is 16.9 Å². The van der Waals surface area contributed by atoms with E-state index in [9.17, 15) is 13.2 Å². The van der Waals surface area contributed by atoms with Crippen molar-refractivity contribution in [2.24, 2.45) is 0 Å². The van der Waals surface area contributed by atoms with Crippen LogP contribution >= 0.6 is 0 Å². The van der Waals surface area contributed by atoms with E-state index in [1.165, 1.54) is 12.1 Å². The molecule has 0 aliphatic heterocycles. The number of nitrogens with one attached hydrogen (secondary N) is 1. The number of hydrogen-bond acceptors (Lipinski definition) is 3. The number of benzene rings is 1. The lowest BCUT2D eigenvalue weighted by molar-refractivity contribution is 0.0697. The van der Waals surface area contributed by atoms with E-state index in [0.29, 0.717) is 13.0 Å². The Morgan fingerprint density at radius 1 is 1.27 bits per heavy atom. The molecule has 0 fully saturated rings. The van der Waals surface area contributed by atoms with Crippen LogP contribution in [0, 0.1) is 0 Å².